The van der Waals surface area contributed by atoms with Crippen LogP contribution in [0.25, 0.3) is 0 Å². The van der Waals surface area contributed by atoms with Gasteiger partial charge in [0.2, 0.25) is 0 Å². The second-order valence-electron chi connectivity index (χ2n) is 7.21. The minimum atomic E-state index is -0.715. The highest BCUT2D eigenvalue weighted by molar-refractivity contribution is 5.80. The molecule has 1 aliphatic heterocycles. The van der Waals surface area contributed by atoms with E-state index in [9.17, 15) is 5.11 Å². The van der Waals surface area contributed by atoms with Crippen molar-refractivity contribution in [2.45, 2.75) is 33.3 Å². The monoisotopic (exact) mass is 363 g/mol. The Morgan fingerprint density at radius 1 is 1.19 bits per heavy atom. The topological polar surface area (TPSA) is 66.3 Å². The van der Waals surface area contributed by atoms with Gasteiger partial charge in [-0.1, -0.05) is 13.8 Å². The summed E-state index contributed by atoms with van der Waals surface area (Å²) in [5.41, 5.74) is 0.737. The van der Waals surface area contributed by atoms with Gasteiger partial charge >= 0.3 is 0 Å². The summed E-state index contributed by atoms with van der Waals surface area (Å²) >= 11 is 0. The molecule has 0 saturated carbocycles. The maximum Gasteiger partial charge on any atom is 0.194 e. The summed E-state index contributed by atoms with van der Waals surface area (Å²) in [4.78, 5) is 7.00. The molecule has 0 aromatic heterocycles. The Kier molecular flexibility index (Phi) is 7.57. The van der Waals surface area contributed by atoms with Crippen molar-refractivity contribution in [1.29, 1.82) is 0 Å². The number of aliphatic hydroxyl groups is 1. The van der Waals surface area contributed by atoms with Crippen molar-refractivity contribution in [3.05, 3.63) is 23.8 Å². The van der Waals surface area contributed by atoms with Crippen LogP contribution >= 0.6 is 0 Å². The summed E-state index contributed by atoms with van der Waals surface area (Å²) in [6.07, 6.45) is 0.537. The molecule has 1 heterocycles. The Bertz CT molecular complexity index is 574. The number of hydrogen-bond acceptors (Lipinski definition) is 4. The van der Waals surface area contributed by atoms with Gasteiger partial charge < -0.3 is 24.8 Å². The number of aliphatic imine (C=N–C) groups is 1. The largest absolute Gasteiger partial charge is 0.497 e. The zero-order chi connectivity index (χ0) is 19.1. The fourth-order valence-electron chi connectivity index (χ4n) is 3.56. The third-order valence-corrected chi connectivity index (χ3v) is 4.68. The van der Waals surface area contributed by atoms with Crippen molar-refractivity contribution < 1.29 is 14.6 Å². The fourth-order valence-corrected chi connectivity index (χ4v) is 3.56. The molecule has 1 aromatic carbocycles. The highest BCUT2D eigenvalue weighted by Gasteiger charge is 2.24. The summed E-state index contributed by atoms with van der Waals surface area (Å²) < 4.78 is 10.6. The van der Waals surface area contributed by atoms with Gasteiger partial charge in [0, 0.05) is 25.7 Å². The number of likely N-dealkylation sites (tertiary alicyclic amines) is 1. The fraction of sp³-hybridized carbons (Fsp3) is 0.650. The molecule has 146 valence electrons. The van der Waals surface area contributed by atoms with Crippen LogP contribution in [0.3, 0.4) is 0 Å². The molecule has 0 bridgehead atoms. The normalized spacial score (nSPS) is 22.1. The summed E-state index contributed by atoms with van der Waals surface area (Å²) in [5, 5.41) is 14.0. The Labute approximate surface area is 157 Å². The third-order valence-electron chi connectivity index (χ3n) is 4.68. The second kappa shape index (κ2) is 9.67. The molecular formula is C20H33N3O3. The Balaban J connectivity index is 2.13. The molecule has 0 spiro atoms. The summed E-state index contributed by atoms with van der Waals surface area (Å²) in [6, 6.07) is 5.43. The van der Waals surface area contributed by atoms with E-state index in [1.807, 2.05) is 12.1 Å². The van der Waals surface area contributed by atoms with E-state index in [1.165, 1.54) is 6.42 Å². The van der Waals surface area contributed by atoms with E-state index in [1.54, 1.807) is 20.3 Å². The number of piperidine rings is 1. The molecule has 6 nitrogen and oxygen atoms in total. The van der Waals surface area contributed by atoms with Gasteiger partial charge in [-0.3, -0.25) is 4.99 Å². The van der Waals surface area contributed by atoms with Gasteiger partial charge in [-0.15, -0.1) is 0 Å². The number of guanidine groups is 1. The molecule has 0 radical (unpaired) electrons. The lowest BCUT2D eigenvalue weighted by Crippen LogP contribution is -2.48. The molecule has 3 unspecified atom stereocenters. The van der Waals surface area contributed by atoms with E-state index < -0.39 is 6.10 Å². The smallest absolute Gasteiger partial charge is 0.194 e. The lowest BCUT2D eigenvalue weighted by atomic mass is 9.92. The van der Waals surface area contributed by atoms with Crippen LogP contribution in [-0.2, 0) is 0 Å². The molecule has 1 fully saturated rings. The van der Waals surface area contributed by atoms with Crippen LogP contribution < -0.4 is 14.8 Å². The Hall–Kier alpha value is -1.95. The van der Waals surface area contributed by atoms with Crippen LogP contribution in [0.4, 0.5) is 0 Å². The first-order valence-corrected chi connectivity index (χ1v) is 9.41. The molecular weight excluding hydrogens is 330 g/mol. The van der Waals surface area contributed by atoms with Gasteiger partial charge in [-0.25, -0.2) is 0 Å². The standard InChI is InChI=1S/C20H33N3O3/c1-6-21-20(23-12-14(2)7-15(3)13-23)22-11-19(24)16-8-17(25-4)10-18(9-16)26-5/h8-10,14-15,19,24H,6-7,11-13H2,1-5H3,(H,21,22). The average Bonchev–Trinajstić information content (AvgIpc) is 2.63. The molecule has 2 N–H and O–H groups in total. The second-order valence-corrected chi connectivity index (χ2v) is 7.21. The number of benzene rings is 1. The van der Waals surface area contributed by atoms with Crippen molar-refractivity contribution in [2.24, 2.45) is 16.8 Å². The van der Waals surface area contributed by atoms with Crippen molar-refractivity contribution in [3.8, 4) is 11.5 Å². The number of aliphatic hydroxyl groups excluding tert-OH is 1. The predicted molar refractivity (Wildman–Crippen MR) is 105 cm³/mol. The van der Waals surface area contributed by atoms with Crippen LogP contribution in [0.15, 0.2) is 23.2 Å². The van der Waals surface area contributed by atoms with Crippen LogP contribution in [0.2, 0.25) is 0 Å². The van der Waals surface area contributed by atoms with Crippen LogP contribution in [0, 0.1) is 11.8 Å². The van der Waals surface area contributed by atoms with Crippen LogP contribution in [-0.4, -0.2) is 56.4 Å². The van der Waals surface area contributed by atoms with E-state index in [0.717, 1.165) is 31.2 Å². The van der Waals surface area contributed by atoms with Gasteiger partial charge in [-0.05, 0) is 42.9 Å². The number of hydrogen-bond donors (Lipinski definition) is 2. The van der Waals surface area contributed by atoms with Gasteiger partial charge in [0.1, 0.15) is 11.5 Å². The summed E-state index contributed by atoms with van der Waals surface area (Å²) in [5.74, 6) is 3.49. The number of rotatable bonds is 6. The van der Waals surface area contributed by atoms with Gasteiger partial charge in [-0.2, -0.15) is 0 Å². The first kappa shape index (κ1) is 20.4. The maximum absolute atomic E-state index is 10.6. The maximum atomic E-state index is 10.6. The number of methoxy groups -OCH3 is 2. The summed E-state index contributed by atoms with van der Waals surface area (Å²) in [6.45, 7) is 9.72. The number of ether oxygens (including phenoxy) is 2. The van der Waals surface area contributed by atoms with Gasteiger partial charge in [0.05, 0.1) is 26.9 Å². The molecule has 0 aliphatic carbocycles. The number of nitrogens with one attached hydrogen (secondary N) is 1. The average molecular weight is 364 g/mol. The van der Waals surface area contributed by atoms with Crippen molar-refractivity contribution in [1.82, 2.24) is 10.2 Å². The molecule has 1 aliphatic rings. The van der Waals surface area contributed by atoms with E-state index >= 15 is 0 Å². The van der Waals surface area contributed by atoms with E-state index in [4.69, 9.17) is 14.5 Å². The van der Waals surface area contributed by atoms with Crippen molar-refractivity contribution in [2.75, 3.05) is 40.4 Å². The molecule has 1 saturated heterocycles. The molecule has 26 heavy (non-hydrogen) atoms. The third kappa shape index (κ3) is 5.53. The molecule has 2 rings (SSSR count). The SMILES string of the molecule is CCNC(=NCC(O)c1cc(OC)cc(OC)c1)N1CC(C)CC(C)C1. The van der Waals surface area contributed by atoms with Gasteiger partial charge in [0.25, 0.3) is 0 Å². The minimum absolute atomic E-state index is 0.290. The minimum Gasteiger partial charge on any atom is -0.497 e. The Morgan fingerprint density at radius 3 is 2.27 bits per heavy atom. The molecule has 6 heteroatoms. The highest BCUT2D eigenvalue weighted by Crippen LogP contribution is 2.27. The lowest BCUT2D eigenvalue weighted by Gasteiger charge is -2.37. The van der Waals surface area contributed by atoms with Crippen molar-refractivity contribution >= 4 is 5.96 Å². The number of nitrogens with zero attached hydrogens (tertiary/aromatic N) is 2. The molecule has 0 amide bonds. The first-order chi connectivity index (χ1) is 12.5. The zero-order valence-electron chi connectivity index (χ0n) is 16.7. The van der Waals surface area contributed by atoms with Gasteiger partial charge in [0.15, 0.2) is 5.96 Å². The van der Waals surface area contributed by atoms with Crippen LogP contribution in [0.1, 0.15) is 38.9 Å². The summed E-state index contributed by atoms with van der Waals surface area (Å²) in [7, 11) is 3.20. The zero-order valence-corrected chi connectivity index (χ0v) is 16.7. The predicted octanol–water partition coefficient (Wildman–Crippen LogP) is 2.68. The van der Waals surface area contributed by atoms with E-state index in [2.05, 4.69) is 31.0 Å². The van der Waals surface area contributed by atoms with Crippen LogP contribution in [0.5, 0.6) is 11.5 Å². The Morgan fingerprint density at radius 2 is 1.77 bits per heavy atom. The van der Waals surface area contributed by atoms with Crippen molar-refractivity contribution in [3.63, 3.8) is 0 Å². The quantitative estimate of drug-likeness (QED) is 0.601. The lowest BCUT2D eigenvalue weighted by molar-refractivity contribution is 0.182. The van der Waals surface area contributed by atoms with E-state index in [0.29, 0.717) is 23.3 Å². The first-order valence-electron chi connectivity index (χ1n) is 9.41. The van der Waals surface area contributed by atoms with E-state index in [-0.39, 0.29) is 6.54 Å². The molecule has 1 aromatic rings. The molecule has 3 atom stereocenters. The highest BCUT2D eigenvalue weighted by atomic mass is 16.5.